The Kier molecular flexibility index (Phi) is 6.35. The van der Waals surface area contributed by atoms with Crippen LogP contribution in [0.25, 0.3) is 0 Å². The number of urea groups is 1. The van der Waals surface area contributed by atoms with Gasteiger partial charge in [0, 0.05) is 49.3 Å². The monoisotopic (exact) mass is 463 g/mol. The van der Waals surface area contributed by atoms with E-state index in [1.165, 1.54) is 12.0 Å². The number of hydrogen-bond donors (Lipinski definition) is 2. The van der Waals surface area contributed by atoms with Crippen molar-refractivity contribution in [2.75, 3.05) is 24.3 Å². The van der Waals surface area contributed by atoms with E-state index >= 15 is 0 Å². The quantitative estimate of drug-likeness (QED) is 0.689. The maximum atomic E-state index is 13.8. The van der Waals surface area contributed by atoms with Crippen molar-refractivity contribution in [1.82, 2.24) is 4.90 Å². The van der Waals surface area contributed by atoms with E-state index in [4.69, 9.17) is 16.3 Å². The van der Waals surface area contributed by atoms with Crippen molar-refractivity contribution in [2.45, 2.75) is 43.8 Å². The number of nitrogens with zero attached hydrogens (tertiary/aromatic N) is 1. The molecular formula is C23H24ClF2N3O3. The zero-order valence-electron chi connectivity index (χ0n) is 17.5. The number of benzene rings is 2. The van der Waals surface area contributed by atoms with Crippen molar-refractivity contribution in [3.63, 3.8) is 0 Å². The van der Waals surface area contributed by atoms with Crippen molar-refractivity contribution in [1.29, 1.82) is 0 Å². The molecule has 0 saturated carbocycles. The zero-order chi connectivity index (χ0) is 22.9. The van der Waals surface area contributed by atoms with E-state index in [0.717, 1.165) is 5.56 Å². The molecule has 9 heteroatoms. The second-order valence-electron chi connectivity index (χ2n) is 8.20. The minimum Gasteiger partial charge on any atom is -0.380 e. The number of nitrogens with one attached hydrogen (secondary N) is 2. The summed E-state index contributed by atoms with van der Waals surface area (Å²) in [6.45, 7) is 0.254. The lowest BCUT2D eigenvalue weighted by molar-refractivity contribution is -0.119. The van der Waals surface area contributed by atoms with Crippen LogP contribution in [0.4, 0.5) is 25.0 Å². The standard InChI is InChI=1S/C23H24ClF2N3O3/c1-32-19-11-20(29(13-19)22(31)28-17-6-3-16(24)4-7-17)21(30)27-18-5-2-14-8-9-23(25,26)12-15(14)10-18/h2-7,10,19-20H,8-9,11-13H2,1H3,(H,27,30)(H,28,31)/t19-,20-/m1/s1. The minimum absolute atomic E-state index is 0.163. The summed E-state index contributed by atoms with van der Waals surface area (Å²) >= 11 is 5.88. The normalized spacial score (nSPS) is 21.7. The maximum Gasteiger partial charge on any atom is 0.322 e. The molecule has 2 aromatic rings. The number of ether oxygens (including phenoxy) is 1. The minimum atomic E-state index is -2.73. The fraction of sp³-hybridized carbons (Fsp3) is 0.391. The summed E-state index contributed by atoms with van der Waals surface area (Å²) in [5, 5.41) is 6.09. The van der Waals surface area contributed by atoms with Crippen molar-refractivity contribution in [3.8, 4) is 0 Å². The molecule has 2 N–H and O–H groups in total. The molecule has 1 heterocycles. The van der Waals surface area contributed by atoms with E-state index in [-0.39, 0.29) is 25.5 Å². The zero-order valence-corrected chi connectivity index (χ0v) is 18.3. The van der Waals surface area contributed by atoms with Gasteiger partial charge in [0.05, 0.1) is 6.10 Å². The first-order valence-electron chi connectivity index (χ1n) is 10.4. The number of fused-ring (bicyclic) bond motifs is 1. The number of carbonyl (C=O) groups is 2. The van der Waals surface area contributed by atoms with Crippen LogP contribution in [0.15, 0.2) is 42.5 Å². The highest BCUT2D eigenvalue weighted by Gasteiger charge is 2.40. The number of halogens is 3. The van der Waals surface area contributed by atoms with Gasteiger partial charge in [0.15, 0.2) is 0 Å². The number of alkyl halides is 2. The fourth-order valence-corrected chi connectivity index (χ4v) is 4.32. The molecule has 1 fully saturated rings. The molecular weight excluding hydrogens is 440 g/mol. The third-order valence-corrected chi connectivity index (χ3v) is 6.19. The lowest BCUT2D eigenvalue weighted by atomic mass is 9.89. The van der Waals surface area contributed by atoms with Gasteiger partial charge in [0.2, 0.25) is 5.91 Å². The first-order chi connectivity index (χ1) is 15.2. The molecule has 0 radical (unpaired) electrons. The van der Waals surface area contributed by atoms with Crippen LogP contribution in [0.2, 0.25) is 5.02 Å². The average Bonchev–Trinajstić information content (AvgIpc) is 3.19. The Labute approximate surface area is 189 Å². The summed E-state index contributed by atoms with van der Waals surface area (Å²) in [4.78, 5) is 27.3. The number of rotatable bonds is 4. The van der Waals surface area contributed by atoms with Crippen LogP contribution >= 0.6 is 11.6 Å². The molecule has 0 aromatic heterocycles. The molecule has 0 spiro atoms. The molecule has 0 bridgehead atoms. The van der Waals surface area contributed by atoms with Crippen molar-refractivity contribution in [2.24, 2.45) is 0 Å². The molecule has 6 nitrogen and oxygen atoms in total. The molecule has 1 saturated heterocycles. The third kappa shape index (κ3) is 5.02. The summed E-state index contributed by atoms with van der Waals surface area (Å²) in [5.74, 6) is -3.12. The Morgan fingerprint density at radius 3 is 2.53 bits per heavy atom. The van der Waals surface area contributed by atoms with Gasteiger partial charge in [-0.2, -0.15) is 0 Å². The maximum absolute atomic E-state index is 13.8. The predicted octanol–water partition coefficient (Wildman–Crippen LogP) is 4.72. The molecule has 0 unspecified atom stereocenters. The van der Waals surface area contributed by atoms with Crippen LogP contribution in [0.1, 0.15) is 24.0 Å². The van der Waals surface area contributed by atoms with Crippen LogP contribution in [0.5, 0.6) is 0 Å². The first-order valence-corrected chi connectivity index (χ1v) is 10.8. The lowest BCUT2D eigenvalue weighted by Crippen LogP contribution is -2.45. The number of amides is 3. The predicted molar refractivity (Wildman–Crippen MR) is 118 cm³/mol. The van der Waals surface area contributed by atoms with E-state index in [0.29, 0.717) is 34.8 Å². The van der Waals surface area contributed by atoms with Crippen molar-refractivity contribution in [3.05, 3.63) is 58.6 Å². The van der Waals surface area contributed by atoms with Gasteiger partial charge in [-0.3, -0.25) is 4.79 Å². The van der Waals surface area contributed by atoms with E-state index in [2.05, 4.69) is 10.6 Å². The summed E-state index contributed by atoms with van der Waals surface area (Å²) in [7, 11) is 1.53. The van der Waals surface area contributed by atoms with Gasteiger partial charge in [-0.25, -0.2) is 13.6 Å². The second-order valence-corrected chi connectivity index (χ2v) is 8.64. The summed E-state index contributed by atoms with van der Waals surface area (Å²) in [5.41, 5.74) is 2.40. The Balaban J connectivity index is 1.47. The van der Waals surface area contributed by atoms with Crippen LogP contribution in [-0.2, 0) is 22.4 Å². The Bertz CT molecular complexity index is 1020. The van der Waals surface area contributed by atoms with Crippen molar-refractivity contribution >= 4 is 34.9 Å². The van der Waals surface area contributed by atoms with E-state index in [1.807, 2.05) is 0 Å². The van der Waals surface area contributed by atoms with Crippen LogP contribution < -0.4 is 10.6 Å². The second kappa shape index (κ2) is 9.03. The number of carbonyl (C=O) groups excluding carboxylic acids is 2. The van der Waals surface area contributed by atoms with Gasteiger partial charge in [-0.05, 0) is 53.9 Å². The smallest absolute Gasteiger partial charge is 0.322 e. The third-order valence-electron chi connectivity index (χ3n) is 5.94. The van der Waals surface area contributed by atoms with Gasteiger partial charge >= 0.3 is 6.03 Å². The Morgan fingerprint density at radius 2 is 1.81 bits per heavy atom. The molecule has 3 amide bonds. The van der Waals surface area contributed by atoms with Gasteiger partial charge < -0.3 is 20.3 Å². The van der Waals surface area contributed by atoms with E-state index < -0.39 is 23.9 Å². The molecule has 4 rings (SSSR count). The number of anilines is 2. The molecule has 2 atom stereocenters. The van der Waals surface area contributed by atoms with E-state index in [9.17, 15) is 18.4 Å². The van der Waals surface area contributed by atoms with Gasteiger partial charge in [-0.15, -0.1) is 0 Å². The highest BCUT2D eigenvalue weighted by molar-refractivity contribution is 6.30. The summed E-state index contributed by atoms with van der Waals surface area (Å²) in [6.07, 6.45) is -0.142. The topological polar surface area (TPSA) is 70.7 Å². The fourth-order valence-electron chi connectivity index (χ4n) is 4.19. The largest absolute Gasteiger partial charge is 0.380 e. The van der Waals surface area contributed by atoms with Crippen LogP contribution in [-0.4, -0.2) is 48.6 Å². The molecule has 2 aliphatic rings. The van der Waals surface area contributed by atoms with Crippen LogP contribution in [0.3, 0.4) is 0 Å². The Hall–Kier alpha value is -2.71. The number of hydrogen-bond acceptors (Lipinski definition) is 3. The SMILES string of the molecule is CO[C@@H]1C[C@H](C(=O)Nc2ccc3c(c2)CC(F)(F)CC3)N(C(=O)Nc2ccc(Cl)cc2)C1. The molecule has 2 aromatic carbocycles. The number of methoxy groups -OCH3 is 1. The molecule has 1 aliphatic carbocycles. The molecule has 1 aliphatic heterocycles. The summed E-state index contributed by atoms with van der Waals surface area (Å²) in [6, 6.07) is 10.5. The highest BCUT2D eigenvalue weighted by atomic mass is 35.5. The van der Waals surface area contributed by atoms with E-state index in [1.54, 1.807) is 42.5 Å². The van der Waals surface area contributed by atoms with Crippen LogP contribution in [0, 0.1) is 0 Å². The molecule has 170 valence electrons. The van der Waals surface area contributed by atoms with Crippen molar-refractivity contribution < 1.29 is 23.1 Å². The first kappa shape index (κ1) is 22.5. The average molecular weight is 464 g/mol. The lowest BCUT2D eigenvalue weighted by Gasteiger charge is -2.26. The molecule has 32 heavy (non-hydrogen) atoms. The highest BCUT2D eigenvalue weighted by Crippen LogP contribution is 2.34. The van der Waals surface area contributed by atoms with Gasteiger partial charge in [0.1, 0.15) is 6.04 Å². The Morgan fingerprint density at radius 1 is 1.09 bits per heavy atom. The summed E-state index contributed by atoms with van der Waals surface area (Å²) < 4.78 is 33.0. The number of likely N-dealkylation sites (tertiary alicyclic amines) is 1. The number of aryl methyl sites for hydroxylation is 1. The van der Waals surface area contributed by atoms with Gasteiger partial charge in [-0.1, -0.05) is 17.7 Å². The van der Waals surface area contributed by atoms with Gasteiger partial charge in [0.25, 0.3) is 5.92 Å².